The fourth-order valence-corrected chi connectivity index (χ4v) is 3.85. The van der Waals surface area contributed by atoms with Crippen molar-refractivity contribution >= 4 is 23.1 Å². The molecule has 28 heavy (non-hydrogen) atoms. The van der Waals surface area contributed by atoms with Crippen molar-refractivity contribution in [2.45, 2.75) is 37.6 Å². The van der Waals surface area contributed by atoms with Crippen LogP contribution < -0.4 is 14.8 Å². The van der Waals surface area contributed by atoms with Gasteiger partial charge >= 0.3 is 0 Å². The number of rotatable bonds is 6. The van der Waals surface area contributed by atoms with Gasteiger partial charge in [0.1, 0.15) is 5.75 Å². The lowest BCUT2D eigenvalue weighted by Crippen LogP contribution is -2.23. The summed E-state index contributed by atoms with van der Waals surface area (Å²) >= 11 is 6.37. The molecule has 5 nitrogen and oxygen atoms in total. The highest BCUT2D eigenvalue weighted by atomic mass is 35.5. The van der Waals surface area contributed by atoms with Crippen molar-refractivity contribution in [1.82, 2.24) is 10.3 Å². The highest BCUT2D eigenvalue weighted by Gasteiger charge is 2.28. The number of ether oxygens (including phenoxy) is 2. The van der Waals surface area contributed by atoms with Crippen LogP contribution in [-0.4, -0.2) is 31.2 Å². The van der Waals surface area contributed by atoms with Crippen molar-refractivity contribution in [3.63, 3.8) is 0 Å². The van der Waals surface area contributed by atoms with Crippen LogP contribution >= 0.6 is 11.6 Å². The van der Waals surface area contributed by atoms with Gasteiger partial charge in [0.15, 0.2) is 0 Å². The third-order valence-corrected chi connectivity index (χ3v) is 5.53. The van der Waals surface area contributed by atoms with Gasteiger partial charge in [-0.3, -0.25) is 4.79 Å². The van der Waals surface area contributed by atoms with Crippen LogP contribution in [0, 0.1) is 0 Å². The molecule has 1 saturated carbocycles. The van der Waals surface area contributed by atoms with Gasteiger partial charge in [-0.2, -0.15) is 0 Å². The number of pyridine rings is 1. The zero-order valence-corrected chi connectivity index (χ0v) is 16.8. The lowest BCUT2D eigenvalue weighted by Gasteiger charge is -2.15. The fourth-order valence-electron chi connectivity index (χ4n) is 3.60. The van der Waals surface area contributed by atoms with Crippen molar-refractivity contribution in [2.24, 2.45) is 0 Å². The Balaban J connectivity index is 1.78. The van der Waals surface area contributed by atoms with Crippen molar-refractivity contribution in [2.75, 3.05) is 14.2 Å². The van der Waals surface area contributed by atoms with Gasteiger partial charge in [-0.1, -0.05) is 29.8 Å². The van der Waals surface area contributed by atoms with Gasteiger partial charge in [0.25, 0.3) is 0 Å². The van der Waals surface area contributed by atoms with Gasteiger partial charge in [0, 0.05) is 23.6 Å². The number of hydrogen-bond acceptors (Lipinski definition) is 4. The van der Waals surface area contributed by atoms with Gasteiger partial charge in [-0.25, -0.2) is 4.98 Å². The number of aromatic nitrogens is 1. The van der Waals surface area contributed by atoms with E-state index >= 15 is 0 Å². The van der Waals surface area contributed by atoms with Crippen LogP contribution in [0.2, 0.25) is 5.02 Å². The normalized spacial score (nSPS) is 19.5. The molecular weight excluding hydrogens is 376 g/mol. The fraction of sp³-hybridized carbons (Fsp3) is 0.364. The van der Waals surface area contributed by atoms with E-state index in [-0.39, 0.29) is 11.9 Å². The minimum Gasteiger partial charge on any atom is -0.495 e. The van der Waals surface area contributed by atoms with Crippen molar-refractivity contribution in [1.29, 1.82) is 0 Å². The maximum absolute atomic E-state index is 11.7. The first-order chi connectivity index (χ1) is 13.6. The minimum absolute atomic E-state index is 0.0284. The molecule has 2 heterocycles. The maximum atomic E-state index is 11.7. The highest BCUT2D eigenvalue weighted by Crippen LogP contribution is 2.44. The number of amides is 1. The summed E-state index contributed by atoms with van der Waals surface area (Å²) in [6.45, 7) is 0. The molecule has 0 radical (unpaired) electrons. The summed E-state index contributed by atoms with van der Waals surface area (Å²) in [5.74, 6) is 1.91. The van der Waals surface area contributed by atoms with Crippen LogP contribution in [0.15, 0.2) is 36.4 Å². The number of benzene rings is 1. The monoisotopic (exact) mass is 398 g/mol. The Morgan fingerprint density at radius 2 is 2.00 bits per heavy atom. The summed E-state index contributed by atoms with van der Waals surface area (Å²) in [6, 6.07) is 9.76. The molecule has 0 unspecified atom stereocenters. The SMILES string of the molecule is COc1ccc(C(=C[C@H]2CCC(=O)N2)c2ccc(C3CC3)c(OC)n2)cc1Cl. The van der Waals surface area contributed by atoms with E-state index in [1.807, 2.05) is 24.3 Å². The largest absolute Gasteiger partial charge is 0.495 e. The zero-order valence-electron chi connectivity index (χ0n) is 16.0. The predicted molar refractivity (Wildman–Crippen MR) is 109 cm³/mol. The number of methoxy groups -OCH3 is 2. The first-order valence-electron chi connectivity index (χ1n) is 9.49. The summed E-state index contributed by atoms with van der Waals surface area (Å²) in [5.41, 5.74) is 3.79. The van der Waals surface area contributed by atoms with Crippen molar-refractivity contribution in [3.8, 4) is 11.6 Å². The standard InChI is InChI=1S/C22H23ClN2O3/c1-27-20-9-5-14(11-18(20)23)17(12-15-6-10-21(26)24-15)19-8-7-16(13-3-4-13)22(25-19)28-2/h5,7-9,11-13,15H,3-4,6,10H2,1-2H3,(H,24,26)/t15-/m1/s1. The number of hydrogen-bond donors (Lipinski definition) is 1. The Kier molecular flexibility index (Phi) is 5.27. The van der Waals surface area contributed by atoms with Gasteiger partial charge in [-0.15, -0.1) is 0 Å². The topological polar surface area (TPSA) is 60.5 Å². The van der Waals surface area contributed by atoms with E-state index in [4.69, 9.17) is 26.1 Å². The molecular formula is C22H23ClN2O3. The third kappa shape index (κ3) is 3.85. The molecule has 1 N–H and O–H groups in total. The summed E-state index contributed by atoms with van der Waals surface area (Å²) in [7, 11) is 3.25. The first-order valence-corrected chi connectivity index (χ1v) is 9.87. The Morgan fingerprint density at radius 1 is 1.18 bits per heavy atom. The zero-order chi connectivity index (χ0) is 19.7. The molecule has 0 bridgehead atoms. The van der Waals surface area contributed by atoms with E-state index < -0.39 is 0 Å². The molecule has 1 saturated heterocycles. The van der Waals surface area contributed by atoms with E-state index in [2.05, 4.69) is 17.5 Å². The van der Waals surface area contributed by atoms with Crippen LogP contribution in [-0.2, 0) is 4.79 Å². The molecule has 2 aliphatic rings. The van der Waals surface area contributed by atoms with Gasteiger partial charge in [0.2, 0.25) is 11.8 Å². The van der Waals surface area contributed by atoms with Crippen LogP contribution in [0.5, 0.6) is 11.6 Å². The molecule has 2 fully saturated rings. The molecule has 4 rings (SSSR count). The van der Waals surface area contributed by atoms with E-state index in [9.17, 15) is 4.79 Å². The number of carbonyl (C=O) groups excluding carboxylic acids is 1. The quantitative estimate of drug-likeness (QED) is 0.786. The van der Waals surface area contributed by atoms with Crippen LogP contribution in [0.25, 0.3) is 5.57 Å². The lowest BCUT2D eigenvalue weighted by molar-refractivity contribution is -0.119. The second-order valence-electron chi connectivity index (χ2n) is 7.21. The van der Waals surface area contributed by atoms with E-state index in [1.54, 1.807) is 14.2 Å². The molecule has 1 aromatic carbocycles. The lowest BCUT2D eigenvalue weighted by atomic mass is 9.98. The van der Waals surface area contributed by atoms with Crippen LogP contribution in [0.1, 0.15) is 48.4 Å². The third-order valence-electron chi connectivity index (χ3n) is 5.24. The van der Waals surface area contributed by atoms with E-state index in [0.29, 0.717) is 29.0 Å². The molecule has 1 aliphatic heterocycles. The number of nitrogens with zero attached hydrogens (tertiary/aromatic N) is 1. The predicted octanol–water partition coefficient (Wildman–Crippen LogP) is 4.34. The molecule has 2 aromatic rings. The van der Waals surface area contributed by atoms with Gasteiger partial charge < -0.3 is 14.8 Å². The summed E-state index contributed by atoms with van der Waals surface area (Å²) in [6.07, 6.45) is 5.73. The average Bonchev–Trinajstić information content (AvgIpc) is 3.47. The molecule has 1 aliphatic carbocycles. The summed E-state index contributed by atoms with van der Waals surface area (Å²) < 4.78 is 10.8. The Hall–Kier alpha value is -2.53. The smallest absolute Gasteiger partial charge is 0.220 e. The Bertz CT molecular complexity index is 937. The average molecular weight is 399 g/mol. The minimum atomic E-state index is -0.0284. The number of halogens is 1. The van der Waals surface area contributed by atoms with Crippen LogP contribution in [0.3, 0.4) is 0 Å². The molecule has 1 amide bonds. The summed E-state index contributed by atoms with van der Waals surface area (Å²) in [5, 5.41) is 3.53. The number of nitrogens with one attached hydrogen (secondary N) is 1. The molecule has 1 aromatic heterocycles. The van der Waals surface area contributed by atoms with Crippen molar-refractivity contribution in [3.05, 3.63) is 58.3 Å². The van der Waals surface area contributed by atoms with Crippen molar-refractivity contribution < 1.29 is 14.3 Å². The maximum Gasteiger partial charge on any atom is 0.220 e. The van der Waals surface area contributed by atoms with E-state index in [0.717, 1.165) is 28.8 Å². The Labute approximate surface area is 169 Å². The first kappa shape index (κ1) is 18.8. The molecule has 1 atom stereocenters. The summed E-state index contributed by atoms with van der Waals surface area (Å²) in [4.78, 5) is 16.4. The number of carbonyl (C=O) groups is 1. The Morgan fingerprint density at radius 3 is 2.61 bits per heavy atom. The second-order valence-corrected chi connectivity index (χ2v) is 7.62. The molecule has 0 spiro atoms. The second kappa shape index (κ2) is 7.84. The van der Waals surface area contributed by atoms with Gasteiger partial charge in [-0.05, 0) is 48.9 Å². The van der Waals surface area contributed by atoms with E-state index in [1.165, 1.54) is 12.8 Å². The van der Waals surface area contributed by atoms with Crippen LogP contribution in [0.4, 0.5) is 0 Å². The van der Waals surface area contributed by atoms with Gasteiger partial charge in [0.05, 0.1) is 24.9 Å². The molecule has 146 valence electrons. The molecule has 6 heteroatoms. The highest BCUT2D eigenvalue weighted by molar-refractivity contribution is 6.32.